The fourth-order valence-electron chi connectivity index (χ4n) is 3.18. The van der Waals surface area contributed by atoms with Crippen LogP contribution < -0.4 is 10.1 Å². The molecule has 0 fully saturated rings. The molecule has 0 aliphatic carbocycles. The average Bonchev–Trinajstić information content (AvgIpc) is 3.04. The van der Waals surface area contributed by atoms with Crippen LogP contribution in [0.25, 0.3) is 5.65 Å². The zero-order chi connectivity index (χ0) is 20.4. The maximum absolute atomic E-state index is 12.9. The number of hydrogen-bond acceptors (Lipinski definition) is 3. The molecule has 2 aromatic carbocycles. The number of halogens is 1. The van der Waals surface area contributed by atoms with Crippen LogP contribution in [0.2, 0.25) is 0 Å². The van der Waals surface area contributed by atoms with E-state index >= 15 is 0 Å². The summed E-state index contributed by atoms with van der Waals surface area (Å²) >= 11 is 3.52. The molecule has 0 unspecified atom stereocenters. The zero-order valence-corrected chi connectivity index (χ0v) is 17.7. The molecule has 1 N–H and O–H groups in total. The Morgan fingerprint density at radius 3 is 2.55 bits per heavy atom. The van der Waals surface area contributed by atoms with Crippen LogP contribution in [0.15, 0.2) is 71.3 Å². The van der Waals surface area contributed by atoms with Crippen molar-refractivity contribution >= 4 is 33.2 Å². The minimum Gasteiger partial charge on any atom is -0.489 e. The quantitative estimate of drug-likeness (QED) is 0.434. The van der Waals surface area contributed by atoms with Crippen molar-refractivity contribution in [2.45, 2.75) is 20.5 Å². The standard InChI is InChI=1S/C23H20BrN3O2/c1-15-12-20(24)22-25-16(2)21(27(22)13-15)23(28)26-18-8-10-19(11-9-18)29-14-17-6-4-3-5-7-17/h3-13H,14H2,1-2H3,(H,26,28). The van der Waals surface area contributed by atoms with E-state index in [1.54, 1.807) is 0 Å². The molecule has 0 atom stereocenters. The Morgan fingerprint density at radius 1 is 1.10 bits per heavy atom. The number of ether oxygens (including phenoxy) is 1. The van der Waals surface area contributed by atoms with Crippen LogP contribution in [-0.2, 0) is 6.61 Å². The molecule has 2 aromatic heterocycles. The van der Waals surface area contributed by atoms with Gasteiger partial charge in [0.25, 0.3) is 5.91 Å². The fourth-order valence-corrected chi connectivity index (χ4v) is 3.83. The second-order valence-corrected chi connectivity index (χ2v) is 7.71. The van der Waals surface area contributed by atoms with Crippen molar-refractivity contribution in [2.24, 2.45) is 0 Å². The Balaban J connectivity index is 1.49. The predicted octanol–water partition coefficient (Wildman–Crippen LogP) is 5.54. The highest BCUT2D eigenvalue weighted by molar-refractivity contribution is 9.10. The third kappa shape index (κ3) is 4.17. The molecular formula is C23H20BrN3O2. The normalized spacial score (nSPS) is 10.9. The van der Waals surface area contributed by atoms with Gasteiger partial charge in [-0.1, -0.05) is 30.3 Å². The largest absolute Gasteiger partial charge is 0.489 e. The molecule has 5 nitrogen and oxygen atoms in total. The van der Waals surface area contributed by atoms with Gasteiger partial charge < -0.3 is 10.1 Å². The number of rotatable bonds is 5. The van der Waals surface area contributed by atoms with Gasteiger partial charge in [-0.2, -0.15) is 0 Å². The summed E-state index contributed by atoms with van der Waals surface area (Å²) < 4.78 is 8.48. The number of amides is 1. The highest BCUT2D eigenvalue weighted by Crippen LogP contribution is 2.23. The molecule has 0 radical (unpaired) electrons. The Morgan fingerprint density at radius 2 is 1.83 bits per heavy atom. The Kier molecular flexibility index (Phi) is 5.36. The van der Waals surface area contributed by atoms with Gasteiger partial charge in [-0.05, 0) is 71.2 Å². The van der Waals surface area contributed by atoms with E-state index in [0.717, 1.165) is 27.0 Å². The number of aromatic nitrogens is 2. The molecular weight excluding hydrogens is 430 g/mol. The molecule has 146 valence electrons. The van der Waals surface area contributed by atoms with Gasteiger partial charge in [-0.15, -0.1) is 0 Å². The minimum absolute atomic E-state index is 0.203. The number of nitrogens with one attached hydrogen (secondary N) is 1. The van der Waals surface area contributed by atoms with Crippen molar-refractivity contribution < 1.29 is 9.53 Å². The number of aryl methyl sites for hydroxylation is 2. The lowest BCUT2D eigenvalue weighted by Gasteiger charge is -2.09. The van der Waals surface area contributed by atoms with Crippen molar-refractivity contribution in [3.8, 4) is 5.75 Å². The third-order valence-corrected chi connectivity index (χ3v) is 5.15. The molecule has 0 spiro atoms. The lowest BCUT2D eigenvalue weighted by Crippen LogP contribution is -2.15. The predicted molar refractivity (Wildman–Crippen MR) is 118 cm³/mol. The van der Waals surface area contributed by atoms with Crippen LogP contribution in [0.4, 0.5) is 5.69 Å². The van der Waals surface area contributed by atoms with Gasteiger partial charge in [0.2, 0.25) is 0 Å². The number of benzene rings is 2. The number of carbonyl (C=O) groups is 1. The van der Waals surface area contributed by atoms with Gasteiger partial charge in [-0.25, -0.2) is 4.98 Å². The van der Waals surface area contributed by atoms with Crippen LogP contribution in [0.5, 0.6) is 5.75 Å². The number of hydrogen-bond donors (Lipinski definition) is 1. The zero-order valence-electron chi connectivity index (χ0n) is 16.1. The van der Waals surface area contributed by atoms with E-state index in [-0.39, 0.29) is 5.91 Å². The van der Waals surface area contributed by atoms with Crippen molar-refractivity contribution in [1.82, 2.24) is 9.38 Å². The van der Waals surface area contributed by atoms with E-state index in [9.17, 15) is 4.79 Å². The van der Waals surface area contributed by atoms with Crippen LogP contribution >= 0.6 is 15.9 Å². The minimum atomic E-state index is -0.203. The van der Waals surface area contributed by atoms with E-state index in [2.05, 4.69) is 26.2 Å². The van der Waals surface area contributed by atoms with Gasteiger partial charge in [-0.3, -0.25) is 9.20 Å². The molecule has 4 rings (SSSR count). The Labute approximate surface area is 177 Å². The summed E-state index contributed by atoms with van der Waals surface area (Å²) in [6.07, 6.45) is 1.91. The SMILES string of the molecule is Cc1cc(Br)c2nc(C)c(C(=O)Nc3ccc(OCc4ccccc4)cc3)n2c1. The van der Waals surface area contributed by atoms with Crippen molar-refractivity contribution in [2.75, 3.05) is 5.32 Å². The number of anilines is 1. The second-order valence-electron chi connectivity index (χ2n) is 6.86. The lowest BCUT2D eigenvalue weighted by atomic mass is 10.2. The van der Waals surface area contributed by atoms with E-state index in [1.807, 2.05) is 85.1 Å². The number of pyridine rings is 1. The number of carbonyl (C=O) groups excluding carboxylic acids is 1. The molecule has 2 heterocycles. The molecule has 4 aromatic rings. The summed E-state index contributed by atoms with van der Waals surface area (Å²) in [6, 6.07) is 19.3. The molecule has 0 aliphatic rings. The van der Waals surface area contributed by atoms with E-state index in [1.165, 1.54) is 0 Å². The summed E-state index contributed by atoms with van der Waals surface area (Å²) in [7, 11) is 0. The topological polar surface area (TPSA) is 55.6 Å². The highest BCUT2D eigenvalue weighted by Gasteiger charge is 2.18. The van der Waals surface area contributed by atoms with Gasteiger partial charge >= 0.3 is 0 Å². The van der Waals surface area contributed by atoms with Crippen LogP contribution in [0.3, 0.4) is 0 Å². The molecule has 0 saturated carbocycles. The highest BCUT2D eigenvalue weighted by atomic mass is 79.9. The van der Waals surface area contributed by atoms with E-state index < -0.39 is 0 Å². The van der Waals surface area contributed by atoms with Crippen molar-refractivity contribution in [1.29, 1.82) is 0 Å². The second kappa shape index (κ2) is 8.09. The number of fused-ring (bicyclic) bond motifs is 1. The summed E-state index contributed by atoms with van der Waals surface area (Å²) in [5.74, 6) is 0.544. The molecule has 29 heavy (non-hydrogen) atoms. The van der Waals surface area contributed by atoms with Crippen LogP contribution in [0.1, 0.15) is 27.3 Å². The summed E-state index contributed by atoms with van der Waals surface area (Å²) in [4.78, 5) is 17.4. The summed E-state index contributed by atoms with van der Waals surface area (Å²) in [6.45, 7) is 4.32. The molecule has 6 heteroatoms. The van der Waals surface area contributed by atoms with Crippen LogP contribution in [0, 0.1) is 13.8 Å². The third-order valence-electron chi connectivity index (χ3n) is 4.56. The summed E-state index contributed by atoms with van der Waals surface area (Å²) in [5, 5.41) is 2.95. The first-order valence-corrected chi connectivity index (χ1v) is 10.0. The van der Waals surface area contributed by atoms with Crippen molar-refractivity contribution in [3.63, 3.8) is 0 Å². The summed E-state index contributed by atoms with van der Waals surface area (Å²) in [5.41, 5.74) is 4.77. The van der Waals surface area contributed by atoms with E-state index in [0.29, 0.717) is 23.7 Å². The van der Waals surface area contributed by atoms with Gasteiger partial charge in [0, 0.05) is 11.9 Å². The van der Waals surface area contributed by atoms with Crippen molar-refractivity contribution in [3.05, 3.63) is 93.8 Å². The molecule has 0 aliphatic heterocycles. The number of nitrogens with zero attached hydrogens (tertiary/aromatic N) is 2. The van der Waals surface area contributed by atoms with Crippen LogP contribution in [-0.4, -0.2) is 15.3 Å². The Hall–Kier alpha value is -3.12. The van der Waals surface area contributed by atoms with E-state index in [4.69, 9.17) is 4.74 Å². The fraction of sp³-hybridized carbons (Fsp3) is 0.130. The molecule has 0 bridgehead atoms. The van der Waals surface area contributed by atoms with Gasteiger partial charge in [0.05, 0.1) is 10.2 Å². The maximum atomic E-state index is 12.9. The number of imidazole rings is 1. The lowest BCUT2D eigenvalue weighted by molar-refractivity contribution is 0.102. The smallest absolute Gasteiger partial charge is 0.274 e. The Bertz CT molecular complexity index is 1170. The first-order chi connectivity index (χ1) is 14.0. The average molecular weight is 450 g/mol. The van der Waals surface area contributed by atoms with Gasteiger partial charge in [0.15, 0.2) is 5.65 Å². The first kappa shape index (κ1) is 19.2. The van der Waals surface area contributed by atoms with Gasteiger partial charge in [0.1, 0.15) is 18.1 Å². The molecule has 0 saturated heterocycles. The first-order valence-electron chi connectivity index (χ1n) is 9.24. The molecule has 1 amide bonds. The maximum Gasteiger partial charge on any atom is 0.274 e. The monoisotopic (exact) mass is 449 g/mol.